The molecule has 0 radical (unpaired) electrons. The van der Waals surface area contributed by atoms with Gasteiger partial charge in [0.25, 0.3) is 5.91 Å². The van der Waals surface area contributed by atoms with Crippen molar-refractivity contribution in [3.63, 3.8) is 0 Å². The molecule has 134 valence electrons. The number of fused-ring (bicyclic) bond motifs is 1. The van der Waals surface area contributed by atoms with Crippen LogP contribution >= 0.6 is 11.6 Å². The Labute approximate surface area is 152 Å². The second-order valence-corrected chi connectivity index (χ2v) is 6.96. The topological polar surface area (TPSA) is 68.9 Å². The molecule has 0 fully saturated rings. The summed E-state index contributed by atoms with van der Waals surface area (Å²) in [5.74, 6) is 0.490. The summed E-state index contributed by atoms with van der Waals surface area (Å²) in [7, 11) is 5.69. The molecule has 0 bridgehead atoms. The summed E-state index contributed by atoms with van der Waals surface area (Å²) in [4.78, 5) is 16.4. The molecule has 2 unspecified atom stereocenters. The molecule has 0 saturated carbocycles. The van der Waals surface area contributed by atoms with Gasteiger partial charge in [-0.1, -0.05) is 23.7 Å². The molecule has 1 aliphatic heterocycles. The van der Waals surface area contributed by atoms with Crippen LogP contribution in [0.5, 0.6) is 0 Å². The van der Waals surface area contributed by atoms with Gasteiger partial charge in [0.05, 0.1) is 11.8 Å². The standard InChI is InChI=1S/C17H22ClN5O2/c1-20(2)7-8-22-15(24)11-23(25)16(12-5-4-6-13(18)9-12)14-10-19-21(3)17(14)22/h4-6,9-10,16,23H,7-8,11H2,1-3H3. The Kier molecular flexibility index (Phi) is 5.10. The molecule has 1 aliphatic rings. The minimum Gasteiger partial charge on any atom is -0.633 e. The van der Waals surface area contributed by atoms with Crippen LogP contribution in [0.3, 0.4) is 0 Å². The largest absolute Gasteiger partial charge is 0.633 e. The third-order valence-corrected chi connectivity index (χ3v) is 4.64. The molecule has 1 aromatic heterocycles. The molecule has 3 rings (SSSR count). The zero-order valence-corrected chi connectivity index (χ0v) is 15.3. The molecule has 7 nitrogen and oxygen atoms in total. The summed E-state index contributed by atoms with van der Waals surface area (Å²) in [6.45, 7) is 1.08. The van der Waals surface area contributed by atoms with Crippen LogP contribution in [-0.4, -0.2) is 54.3 Å². The average Bonchev–Trinajstić information content (AvgIpc) is 2.84. The highest BCUT2D eigenvalue weighted by Gasteiger charge is 2.36. The number of aryl methyl sites for hydroxylation is 1. The molecule has 1 N–H and O–H groups in total. The number of carbonyl (C=O) groups is 1. The Morgan fingerprint density at radius 1 is 1.44 bits per heavy atom. The number of amides is 1. The molecular weight excluding hydrogens is 342 g/mol. The Bertz CT molecular complexity index is 776. The highest BCUT2D eigenvalue weighted by atomic mass is 35.5. The van der Waals surface area contributed by atoms with Gasteiger partial charge in [0.15, 0.2) is 6.54 Å². The highest BCUT2D eigenvalue weighted by Crippen LogP contribution is 2.31. The van der Waals surface area contributed by atoms with Crippen LogP contribution in [0.2, 0.25) is 5.02 Å². The van der Waals surface area contributed by atoms with E-state index >= 15 is 0 Å². The van der Waals surface area contributed by atoms with E-state index in [1.807, 2.05) is 31.1 Å². The molecule has 25 heavy (non-hydrogen) atoms. The monoisotopic (exact) mass is 363 g/mol. The number of nitrogens with zero attached hydrogens (tertiary/aromatic N) is 4. The quantitative estimate of drug-likeness (QED) is 0.801. The van der Waals surface area contributed by atoms with Gasteiger partial charge in [-0.2, -0.15) is 5.10 Å². The number of likely N-dealkylation sites (N-methyl/N-ethyl adjacent to an activating group) is 1. The van der Waals surface area contributed by atoms with Crippen LogP contribution < -0.4 is 9.96 Å². The maximum Gasteiger partial charge on any atom is 0.283 e. The lowest BCUT2D eigenvalue weighted by molar-refractivity contribution is -0.866. The Morgan fingerprint density at radius 2 is 2.20 bits per heavy atom. The Hall–Kier alpha value is -1.93. The van der Waals surface area contributed by atoms with Crippen molar-refractivity contribution in [2.24, 2.45) is 7.05 Å². The molecule has 2 atom stereocenters. The van der Waals surface area contributed by atoms with Crippen molar-refractivity contribution in [1.29, 1.82) is 0 Å². The van der Waals surface area contributed by atoms with Gasteiger partial charge in [-0.05, 0) is 26.2 Å². The second kappa shape index (κ2) is 7.13. The van der Waals surface area contributed by atoms with Crippen molar-refractivity contribution in [2.75, 3.05) is 38.6 Å². The number of hydrogen-bond acceptors (Lipinski definition) is 4. The molecule has 2 aromatic rings. The van der Waals surface area contributed by atoms with Crippen LogP contribution in [0.15, 0.2) is 30.5 Å². The van der Waals surface area contributed by atoms with Gasteiger partial charge < -0.3 is 15.2 Å². The third-order valence-electron chi connectivity index (χ3n) is 4.40. The smallest absolute Gasteiger partial charge is 0.283 e. The minimum atomic E-state index is -0.532. The van der Waals surface area contributed by atoms with E-state index in [9.17, 15) is 10.0 Å². The molecule has 8 heteroatoms. The van der Waals surface area contributed by atoms with Crippen molar-refractivity contribution in [1.82, 2.24) is 14.7 Å². The first-order valence-electron chi connectivity index (χ1n) is 8.13. The van der Waals surface area contributed by atoms with Crippen molar-refractivity contribution in [2.45, 2.75) is 6.04 Å². The van der Waals surface area contributed by atoms with E-state index < -0.39 is 6.04 Å². The summed E-state index contributed by atoms with van der Waals surface area (Å²) in [5.41, 5.74) is 1.54. The molecule has 0 saturated heterocycles. The van der Waals surface area contributed by atoms with Gasteiger partial charge >= 0.3 is 0 Å². The number of anilines is 1. The fourth-order valence-corrected chi connectivity index (χ4v) is 3.40. The summed E-state index contributed by atoms with van der Waals surface area (Å²) < 4.78 is 1.67. The molecule has 0 aliphatic carbocycles. The van der Waals surface area contributed by atoms with Gasteiger partial charge in [0.2, 0.25) is 0 Å². The number of halogens is 1. The fraction of sp³-hybridized carbons (Fsp3) is 0.412. The van der Waals surface area contributed by atoms with Gasteiger partial charge in [0.1, 0.15) is 11.9 Å². The number of aromatic nitrogens is 2. The zero-order chi connectivity index (χ0) is 18.1. The number of carbonyl (C=O) groups excluding carboxylic acids is 1. The second-order valence-electron chi connectivity index (χ2n) is 6.53. The van der Waals surface area contributed by atoms with E-state index in [0.717, 1.165) is 11.1 Å². The van der Waals surface area contributed by atoms with Crippen LogP contribution in [0.25, 0.3) is 0 Å². The minimum absolute atomic E-state index is 0.126. The highest BCUT2D eigenvalue weighted by molar-refractivity contribution is 6.30. The van der Waals surface area contributed by atoms with Gasteiger partial charge in [-0.3, -0.25) is 14.4 Å². The molecule has 0 spiro atoms. The average molecular weight is 364 g/mol. The summed E-state index contributed by atoms with van der Waals surface area (Å²) >= 11 is 6.11. The fourth-order valence-electron chi connectivity index (χ4n) is 3.20. The van der Waals surface area contributed by atoms with E-state index in [4.69, 9.17) is 11.6 Å². The number of nitrogens with one attached hydrogen (secondary N) is 1. The Morgan fingerprint density at radius 3 is 2.88 bits per heavy atom. The first kappa shape index (κ1) is 17.9. The van der Waals surface area contributed by atoms with E-state index in [2.05, 4.69) is 5.10 Å². The molecule has 2 heterocycles. The molecule has 1 amide bonds. The number of hydrogen-bond donors (Lipinski definition) is 1. The molecule has 1 aromatic carbocycles. The molecular formula is C17H22ClN5O2. The maximum atomic E-state index is 12.9. The maximum absolute atomic E-state index is 12.9. The lowest BCUT2D eigenvalue weighted by atomic mass is 10.0. The van der Waals surface area contributed by atoms with Gasteiger partial charge in [-0.15, -0.1) is 0 Å². The SMILES string of the molecule is CN(C)CCN1C(=O)C[NH+]([O-])C(c2cccc(Cl)c2)c2cnn(C)c21. The van der Waals surface area contributed by atoms with E-state index in [1.165, 1.54) is 0 Å². The van der Waals surface area contributed by atoms with E-state index in [0.29, 0.717) is 23.9 Å². The van der Waals surface area contributed by atoms with Gasteiger partial charge in [0, 0.05) is 30.7 Å². The van der Waals surface area contributed by atoms with Crippen molar-refractivity contribution in [3.05, 3.63) is 51.8 Å². The van der Waals surface area contributed by atoms with Crippen molar-refractivity contribution < 1.29 is 9.86 Å². The van der Waals surface area contributed by atoms with E-state index in [-0.39, 0.29) is 17.5 Å². The Balaban J connectivity index is 2.08. The summed E-state index contributed by atoms with van der Waals surface area (Å²) in [6, 6.07) is 6.70. The van der Waals surface area contributed by atoms with Crippen LogP contribution in [0, 0.1) is 5.21 Å². The zero-order valence-electron chi connectivity index (χ0n) is 14.6. The van der Waals surface area contributed by atoms with Crippen LogP contribution in [0.4, 0.5) is 5.82 Å². The van der Waals surface area contributed by atoms with Gasteiger partial charge in [-0.25, -0.2) is 0 Å². The number of benzene rings is 1. The predicted octanol–water partition coefficient (Wildman–Crippen LogP) is 0.454. The lowest BCUT2D eigenvalue weighted by Gasteiger charge is -2.29. The lowest BCUT2D eigenvalue weighted by Crippen LogP contribution is -3.08. The van der Waals surface area contributed by atoms with E-state index in [1.54, 1.807) is 35.0 Å². The first-order valence-corrected chi connectivity index (χ1v) is 8.51. The summed E-state index contributed by atoms with van der Waals surface area (Å²) in [5, 5.41) is 17.6. The number of quaternary nitrogens is 1. The number of rotatable bonds is 4. The normalized spacial score (nSPS) is 20.7. The van der Waals surface area contributed by atoms with Crippen molar-refractivity contribution in [3.8, 4) is 0 Å². The first-order chi connectivity index (χ1) is 11.9. The number of hydroxylamine groups is 2. The third kappa shape index (κ3) is 3.55. The van der Waals surface area contributed by atoms with Crippen molar-refractivity contribution >= 4 is 23.3 Å². The van der Waals surface area contributed by atoms with Crippen LogP contribution in [-0.2, 0) is 11.8 Å². The predicted molar refractivity (Wildman–Crippen MR) is 96.6 cm³/mol. The van der Waals surface area contributed by atoms with Crippen LogP contribution in [0.1, 0.15) is 17.2 Å². The summed E-state index contributed by atoms with van der Waals surface area (Å²) in [6.07, 6.45) is 1.68.